The number of urea groups is 1. The van der Waals surface area contributed by atoms with Gasteiger partial charge in [0.15, 0.2) is 11.6 Å². The number of fused-ring (bicyclic) bond motifs is 1. The lowest BCUT2D eigenvalue weighted by Crippen LogP contribution is -2.37. The van der Waals surface area contributed by atoms with E-state index < -0.39 is 17.8 Å². The van der Waals surface area contributed by atoms with Crippen molar-refractivity contribution in [2.24, 2.45) is 0 Å². The van der Waals surface area contributed by atoms with Crippen LogP contribution < -0.4 is 20.9 Å². The Balaban J connectivity index is 1.24. The molecule has 12 heteroatoms. The minimum Gasteiger partial charge on any atom is -0.378 e. The van der Waals surface area contributed by atoms with Gasteiger partial charge in [0.05, 0.1) is 24.4 Å². The number of carbonyl (C=O) groups is 2. The predicted molar refractivity (Wildman–Crippen MR) is 162 cm³/mol. The molecule has 0 bridgehead atoms. The summed E-state index contributed by atoms with van der Waals surface area (Å²) in [5.74, 6) is 0.203. The van der Waals surface area contributed by atoms with Crippen LogP contribution in [0.5, 0.6) is 0 Å². The second-order valence-corrected chi connectivity index (χ2v) is 9.84. The zero-order chi connectivity index (χ0) is 29.8. The molecule has 0 unspecified atom stereocenters. The van der Waals surface area contributed by atoms with E-state index in [9.17, 15) is 14.0 Å². The van der Waals surface area contributed by atoms with Crippen molar-refractivity contribution in [2.45, 2.75) is 6.92 Å². The summed E-state index contributed by atoms with van der Waals surface area (Å²) in [6.45, 7) is 3.87. The van der Waals surface area contributed by atoms with E-state index in [-0.39, 0.29) is 11.4 Å². The number of ether oxygens (including phenoxy) is 1. The van der Waals surface area contributed by atoms with Crippen LogP contribution in [0, 0.1) is 5.82 Å². The van der Waals surface area contributed by atoms with Crippen LogP contribution in [-0.4, -0.2) is 58.2 Å². The molecule has 3 amide bonds. The molecule has 6 rings (SSSR count). The highest BCUT2D eigenvalue weighted by Crippen LogP contribution is 2.30. The van der Waals surface area contributed by atoms with Gasteiger partial charge in [-0.15, -0.1) is 0 Å². The van der Waals surface area contributed by atoms with E-state index in [1.807, 2.05) is 36.5 Å². The molecule has 0 aliphatic carbocycles. The van der Waals surface area contributed by atoms with E-state index in [0.29, 0.717) is 48.8 Å². The van der Waals surface area contributed by atoms with E-state index in [1.165, 1.54) is 19.1 Å². The zero-order valence-corrected chi connectivity index (χ0v) is 23.2. The van der Waals surface area contributed by atoms with E-state index in [2.05, 4.69) is 25.8 Å². The Morgan fingerprint density at radius 2 is 1.63 bits per heavy atom. The number of aromatic nitrogens is 4. The van der Waals surface area contributed by atoms with Gasteiger partial charge >= 0.3 is 6.03 Å². The highest BCUT2D eigenvalue weighted by molar-refractivity contribution is 6.00. The van der Waals surface area contributed by atoms with E-state index in [0.717, 1.165) is 28.6 Å². The highest BCUT2D eigenvalue weighted by atomic mass is 19.1. The minimum atomic E-state index is -0.660. The second kappa shape index (κ2) is 12.2. The topological polar surface area (TPSA) is 134 Å². The molecular formula is C31H27FN8O3. The van der Waals surface area contributed by atoms with Crippen molar-refractivity contribution in [1.82, 2.24) is 19.9 Å². The number of nitrogens with zero attached hydrogens (tertiary/aromatic N) is 5. The van der Waals surface area contributed by atoms with Gasteiger partial charge in [0.2, 0.25) is 5.91 Å². The molecule has 11 nitrogen and oxygen atoms in total. The molecule has 216 valence electrons. The van der Waals surface area contributed by atoms with Gasteiger partial charge < -0.3 is 25.6 Å². The van der Waals surface area contributed by atoms with Gasteiger partial charge in [0.25, 0.3) is 0 Å². The van der Waals surface area contributed by atoms with E-state index in [1.54, 1.807) is 24.5 Å². The first-order valence-corrected chi connectivity index (χ1v) is 13.6. The van der Waals surface area contributed by atoms with Crippen LogP contribution in [0.15, 0.2) is 79.3 Å². The summed E-state index contributed by atoms with van der Waals surface area (Å²) < 4.78 is 19.8. The number of hydrogen-bond donors (Lipinski definition) is 3. The number of pyridine rings is 2. The monoisotopic (exact) mass is 578 g/mol. The summed E-state index contributed by atoms with van der Waals surface area (Å²) in [5.41, 5.74) is 4.78. The Morgan fingerprint density at radius 1 is 0.860 bits per heavy atom. The first-order chi connectivity index (χ1) is 20.9. The highest BCUT2D eigenvalue weighted by Gasteiger charge is 2.20. The summed E-state index contributed by atoms with van der Waals surface area (Å²) in [5, 5.41) is 7.71. The van der Waals surface area contributed by atoms with Gasteiger partial charge in [-0.2, -0.15) is 0 Å². The molecule has 43 heavy (non-hydrogen) atoms. The Bertz CT molecular complexity index is 1800. The molecule has 3 aromatic heterocycles. The van der Waals surface area contributed by atoms with Crippen molar-refractivity contribution in [1.29, 1.82) is 0 Å². The molecule has 0 atom stereocenters. The van der Waals surface area contributed by atoms with Gasteiger partial charge in [-0.05, 0) is 54.6 Å². The largest absolute Gasteiger partial charge is 0.378 e. The maximum atomic E-state index is 14.2. The fourth-order valence-corrected chi connectivity index (χ4v) is 4.70. The fourth-order valence-electron chi connectivity index (χ4n) is 4.70. The Kier molecular flexibility index (Phi) is 7.83. The lowest BCUT2D eigenvalue weighted by molar-refractivity contribution is -0.114. The quantitative estimate of drug-likeness (QED) is 0.246. The van der Waals surface area contributed by atoms with Crippen molar-refractivity contribution >= 4 is 45.9 Å². The number of morpholine rings is 1. The smallest absolute Gasteiger partial charge is 0.323 e. The summed E-state index contributed by atoms with van der Waals surface area (Å²) >= 11 is 0. The third kappa shape index (κ3) is 6.39. The SMILES string of the molecule is CC(=O)Nc1ccc(NC(=O)Nc2ccc(-c3nc(N4CCOCC4)c4ncc(-c5cccnc5)cc4n3)cc2)cc1F. The number of amides is 3. The molecule has 1 saturated heterocycles. The summed E-state index contributed by atoms with van der Waals surface area (Å²) in [4.78, 5) is 44.6. The van der Waals surface area contributed by atoms with Gasteiger partial charge in [0.1, 0.15) is 11.3 Å². The molecule has 1 aliphatic heterocycles. The third-order valence-electron chi connectivity index (χ3n) is 6.76. The number of nitrogens with one attached hydrogen (secondary N) is 3. The zero-order valence-electron chi connectivity index (χ0n) is 23.2. The lowest BCUT2D eigenvalue weighted by atomic mass is 10.1. The average Bonchev–Trinajstić information content (AvgIpc) is 3.02. The van der Waals surface area contributed by atoms with Gasteiger partial charge in [0, 0.05) is 66.7 Å². The van der Waals surface area contributed by atoms with Gasteiger partial charge in [-0.25, -0.2) is 19.2 Å². The molecule has 1 fully saturated rings. The summed E-state index contributed by atoms with van der Waals surface area (Å²) in [7, 11) is 0. The molecule has 3 N–H and O–H groups in total. The van der Waals surface area contributed by atoms with Crippen LogP contribution in [0.25, 0.3) is 33.5 Å². The number of rotatable bonds is 6. The van der Waals surface area contributed by atoms with Crippen molar-refractivity contribution < 1.29 is 18.7 Å². The van der Waals surface area contributed by atoms with Crippen LogP contribution >= 0.6 is 0 Å². The van der Waals surface area contributed by atoms with Crippen molar-refractivity contribution in [3.63, 3.8) is 0 Å². The number of anilines is 4. The maximum Gasteiger partial charge on any atom is 0.323 e. The van der Waals surface area contributed by atoms with Crippen molar-refractivity contribution in [2.75, 3.05) is 47.2 Å². The molecular weight excluding hydrogens is 551 g/mol. The summed E-state index contributed by atoms with van der Waals surface area (Å²) in [6, 6.07) is 16.4. The van der Waals surface area contributed by atoms with Crippen LogP contribution in [0.1, 0.15) is 6.92 Å². The normalized spacial score (nSPS) is 13.0. The van der Waals surface area contributed by atoms with Crippen molar-refractivity contribution in [3.05, 3.63) is 85.1 Å². The fraction of sp³-hybridized carbons (Fsp3) is 0.161. The number of halogens is 1. The molecule has 5 aromatic rings. The van der Waals surface area contributed by atoms with Gasteiger partial charge in [-0.3, -0.25) is 14.8 Å². The van der Waals surface area contributed by atoms with E-state index in [4.69, 9.17) is 19.7 Å². The lowest BCUT2D eigenvalue weighted by Gasteiger charge is -2.28. The number of carbonyl (C=O) groups excluding carboxylic acids is 2. The summed E-state index contributed by atoms with van der Waals surface area (Å²) in [6.07, 6.45) is 5.32. The first-order valence-electron chi connectivity index (χ1n) is 13.6. The van der Waals surface area contributed by atoms with Crippen molar-refractivity contribution in [3.8, 4) is 22.5 Å². The molecule has 2 aromatic carbocycles. The molecule has 0 spiro atoms. The third-order valence-corrected chi connectivity index (χ3v) is 6.76. The second-order valence-electron chi connectivity index (χ2n) is 9.84. The molecule has 1 aliphatic rings. The minimum absolute atomic E-state index is 0.0332. The number of hydrogen-bond acceptors (Lipinski definition) is 8. The average molecular weight is 579 g/mol. The molecule has 4 heterocycles. The predicted octanol–water partition coefficient (Wildman–Crippen LogP) is 5.33. The standard InChI is InChI=1S/C31H27FN8O3/c1-19(41)35-26-9-8-24(16-25(26)32)37-31(42)36-23-6-4-20(5-7-23)29-38-27-15-22(21-3-2-10-33-17-21)18-34-28(27)30(39-29)40-11-13-43-14-12-40/h2-10,15-18H,11-14H2,1H3,(H,35,41)(H2,36,37,42). The van der Waals surface area contributed by atoms with E-state index >= 15 is 0 Å². The first kappa shape index (κ1) is 27.7. The van der Waals surface area contributed by atoms with Crippen LogP contribution in [0.4, 0.5) is 32.1 Å². The maximum absolute atomic E-state index is 14.2. The van der Waals surface area contributed by atoms with Crippen LogP contribution in [-0.2, 0) is 9.53 Å². The Labute approximate surface area is 246 Å². The molecule has 0 radical (unpaired) electrons. The Hall–Kier alpha value is -5.49. The molecule has 0 saturated carbocycles. The van der Waals surface area contributed by atoms with Crippen LogP contribution in [0.2, 0.25) is 0 Å². The Morgan fingerprint density at radius 3 is 2.35 bits per heavy atom. The van der Waals surface area contributed by atoms with Gasteiger partial charge in [-0.1, -0.05) is 6.07 Å². The number of benzene rings is 2. The van der Waals surface area contributed by atoms with Crippen LogP contribution in [0.3, 0.4) is 0 Å².